The second-order valence-electron chi connectivity index (χ2n) is 3.35. The van der Waals surface area contributed by atoms with Crippen LogP contribution in [0.2, 0.25) is 0 Å². The van der Waals surface area contributed by atoms with E-state index in [2.05, 4.69) is 21.8 Å². The maximum atomic E-state index is 8.89. The van der Waals surface area contributed by atoms with E-state index in [0.29, 0.717) is 5.69 Å². The highest BCUT2D eigenvalue weighted by atomic mass is 32.2. The summed E-state index contributed by atoms with van der Waals surface area (Å²) in [6.45, 7) is 0. The number of hydrogen-bond donors (Lipinski definition) is 4. The van der Waals surface area contributed by atoms with Gasteiger partial charge >= 0.3 is 5.97 Å². The summed E-state index contributed by atoms with van der Waals surface area (Å²) in [6, 6.07) is 3.55. The molecule has 0 unspecified atom stereocenters. The standard InChI is InChI=1S/C11H8N2O3S.CH4OS/c14-11(15,16)10-13-9(7-17-10)4-3-8-2-1-5-12-6-8;1-3-2/h1-2,5-7,14-16H;2H,1H3. The van der Waals surface area contributed by atoms with Crippen molar-refractivity contribution in [2.75, 3.05) is 6.26 Å². The van der Waals surface area contributed by atoms with E-state index in [1.54, 1.807) is 30.8 Å². The number of aliphatic hydroxyl groups is 3. The average Bonchev–Trinajstić information content (AvgIpc) is 2.87. The Labute approximate surface area is 124 Å². The third kappa shape index (κ3) is 5.66. The molecule has 2 heterocycles. The second-order valence-corrected chi connectivity index (χ2v) is 4.57. The molecule has 0 fully saturated rings. The van der Waals surface area contributed by atoms with Crippen molar-refractivity contribution in [1.29, 1.82) is 0 Å². The van der Waals surface area contributed by atoms with Gasteiger partial charge in [-0.2, -0.15) is 0 Å². The van der Waals surface area contributed by atoms with Gasteiger partial charge in [0.25, 0.3) is 0 Å². The van der Waals surface area contributed by atoms with Gasteiger partial charge in [0.1, 0.15) is 5.69 Å². The highest BCUT2D eigenvalue weighted by molar-refractivity contribution is 7.93. The molecule has 8 heteroatoms. The molecule has 2 aromatic rings. The van der Waals surface area contributed by atoms with Crippen LogP contribution < -0.4 is 0 Å². The van der Waals surface area contributed by atoms with Crippen LogP contribution in [0.15, 0.2) is 29.9 Å². The van der Waals surface area contributed by atoms with Gasteiger partial charge in [0, 0.05) is 29.6 Å². The van der Waals surface area contributed by atoms with Crippen LogP contribution in [0.1, 0.15) is 16.3 Å². The predicted molar refractivity (Wildman–Crippen MR) is 76.8 cm³/mol. The van der Waals surface area contributed by atoms with Gasteiger partial charge in [0.05, 0.1) is 0 Å². The fourth-order valence-electron chi connectivity index (χ4n) is 1.06. The Morgan fingerprint density at radius 3 is 2.50 bits per heavy atom. The molecular formula is C12H12N2O4S2. The maximum absolute atomic E-state index is 8.89. The van der Waals surface area contributed by atoms with Crippen molar-refractivity contribution < 1.29 is 19.9 Å². The van der Waals surface area contributed by atoms with Crippen LogP contribution in [-0.2, 0) is 5.97 Å². The summed E-state index contributed by atoms with van der Waals surface area (Å²) in [7, 11) is 0. The molecule has 0 aromatic carbocycles. The Morgan fingerprint density at radius 1 is 1.30 bits per heavy atom. The molecular weight excluding hydrogens is 300 g/mol. The number of rotatable bonds is 1. The van der Waals surface area contributed by atoms with Crippen LogP contribution in [0, 0.1) is 11.8 Å². The summed E-state index contributed by atoms with van der Waals surface area (Å²) in [6.07, 6.45) is 4.85. The van der Waals surface area contributed by atoms with E-state index in [9.17, 15) is 0 Å². The lowest BCUT2D eigenvalue weighted by Gasteiger charge is -2.08. The summed E-state index contributed by atoms with van der Waals surface area (Å²) < 4.78 is 7.49. The molecule has 0 saturated heterocycles. The number of nitrogens with zero attached hydrogens (tertiary/aromatic N) is 2. The molecule has 0 amide bonds. The lowest BCUT2D eigenvalue weighted by Crippen LogP contribution is -2.23. The van der Waals surface area contributed by atoms with Gasteiger partial charge in [-0.1, -0.05) is 5.92 Å². The molecule has 106 valence electrons. The summed E-state index contributed by atoms with van der Waals surface area (Å²) in [4.78, 5) is 7.67. The fourth-order valence-corrected chi connectivity index (χ4v) is 1.70. The third-order valence-corrected chi connectivity index (χ3v) is 2.72. The zero-order valence-electron chi connectivity index (χ0n) is 10.4. The van der Waals surface area contributed by atoms with Gasteiger partial charge in [-0.05, 0) is 30.1 Å². The summed E-state index contributed by atoms with van der Waals surface area (Å²) in [5.74, 6) is 2.64. The van der Waals surface area contributed by atoms with Crippen molar-refractivity contribution in [3.05, 3.63) is 46.2 Å². The Bertz CT molecular complexity index is 585. The topological polar surface area (TPSA) is 107 Å². The normalized spacial score (nSPS) is 10.1. The Morgan fingerprint density at radius 2 is 2.00 bits per heavy atom. The summed E-state index contributed by atoms with van der Waals surface area (Å²) in [5, 5.41) is 28.0. The minimum atomic E-state index is -2.90. The molecule has 2 aromatic heterocycles. The number of pyridine rings is 1. The molecule has 0 atom stereocenters. The smallest absolute Gasteiger partial charge is 0.332 e. The van der Waals surface area contributed by atoms with Gasteiger partial charge in [-0.3, -0.25) is 4.98 Å². The Balaban J connectivity index is 0.000000612. The van der Waals surface area contributed by atoms with E-state index >= 15 is 0 Å². The summed E-state index contributed by atoms with van der Waals surface area (Å²) >= 11 is 1.66. The van der Waals surface area contributed by atoms with Crippen LogP contribution in [0.3, 0.4) is 0 Å². The van der Waals surface area contributed by atoms with Gasteiger partial charge in [0.15, 0.2) is 5.01 Å². The van der Waals surface area contributed by atoms with Crippen LogP contribution in [0.25, 0.3) is 0 Å². The number of hydrogen-bond acceptors (Lipinski definition) is 8. The van der Waals surface area contributed by atoms with E-state index in [1.807, 2.05) is 0 Å². The first-order valence-corrected chi connectivity index (χ1v) is 7.26. The van der Waals surface area contributed by atoms with Crippen LogP contribution >= 0.6 is 23.4 Å². The number of thiazole rings is 1. The van der Waals surface area contributed by atoms with E-state index in [4.69, 9.17) is 19.9 Å². The molecule has 0 radical (unpaired) electrons. The van der Waals surface area contributed by atoms with E-state index in [0.717, 1.165) is 28.9 Å². The SMILES string of the molecule is CSO.OC(O)(O)c1nc(C#Cc2cccnc2)cs1. The first-order valence-electron chi connectivity index (χ1n) is 5.20. The molecule has 0 aliphatic heterocycles. The molecule has 0 bridgehead atoms. The van der Waals surface area contributed by atoms with Crippen LogP contribution in [-0.4, -0.2) is 36.1 Å². The van der Waals surface area contributed by atoms with Crippen molar-refractivity contribution in [2.24, 2.45) is 0 Å². The molecule has 0 saturated carbocycles. The fraction of sp³-hybridized carbons (Fsp3) is 0.167. The third-order valence-electron chi connectivity index (χ3n) is 1.79. The summed E-state index contributed by atoms with van der Waals surface area (Å²) in [5.41, 5.74) is 1.08. The Hall–Kier alpha value is -1.47. The minimum Gasteiger partial charge on any atom is -0.338 e. The largest absolute Gasteiger partial charge is 0.338 e. The number of aromatic nitrogens is 2. The molecule has 0 aliphatic carbocycles. The zero-order valence-corrected chi connectivity index (χ0v) is 12.0. The van der Waals surface area contributed by atoms with Crippen molar-refractivity contribution in [3.63, 3.8) is 0 Å². The lowest BCUT2D eigenvalue weighted by atomic mass is 10.3. The first-order chi connectivity index (χ1) is 9.47. The second kappa shape index (κ2) is 7.96. The van der Waals surface area contributed by atoms with E-state index in [-0.39, 0.29) is 5.01 Å². The van der Waals surface area contributed by atoms with Crippen molar-refractivity contribution in [2.45, 2.75) is 5.97 Å². The molecule has 4 N–H and O–H groups in total. The van der Waals surface area contributed by atoms with Crippen molar-refractivity contribution in [1.82, 2.24) is 9.97 Å². The molecule has 2 rings (SSSR count). The highest BCUT2D eigenvalue weighted by Gasteiger charge is 2.25. The van der Waals surface area contributed by atoms with E-state index < -0.39 is 5.97 Å². The minimum absolute atomic E-state index is 0.215. The first kappa shape index (κ1) is 16.6. The van der Waals surface area contributed by atoms with Gasteiger partial charge in [-0.25, -0.2) is 4.98 Å². The molecule has 0 aliphatic rings. The van der Waals surface area contributed by atoms with E-state index in [1.165, 1.54) is 5.38 Å². The highest BCUT2D eigenvalue weighted by Crippen LogP contribution is 2.18. The van der Waals surface area contributed by atoms with Crippen LogP contribution in [0.5, 0.6) is 0 Å². The lowest BCUT2D eigenvalue weighted by molar-refractivity contribution is -0.323. The van der Waals surface area contributed by atoms with Gasteiger partial charge in [0.2, 0.25) is 0 Å². The molecule has 20 heavy (non-hydrogen) atoms. The molecule has 6 nitrogen and oxygen atoms in total. The molecule has 0 spiro atoms. The van der Waals surface area contributed by atoms with Crippen molar-refractivity contribution in [3.8, 4) is 11.8 Å². The monoisotopic (exact) mass is 312 g/mol. The van der Waals surface area contributed by atoms with Gasteiger partial charge < -0.3 is 19.9 Å². The Kier molecular flexibility index (Phi) is 6.60. The quantitative estimate of drug-likeness (QED) is 0.351. The predicted octanol–water partition coefficient (Wildman–Crippen LogP) is 0.847. The zero-order chi connectivity index (χ0) is 15.0. The van der Waals surface area contributed by atoms with Gasteiger partial charge in [-0.15, -0.1) is 11.3 Å². The van der Waals surface area contributed by atoms with Crippen molar-refractivity contribution >= 4 is 23.4 Å². The maximum Gasteiger partial charge on any atom is 0.332 e. The average molecular weight is 312 g/mol. The van der Waals surface area contributed by atoms with Crippen LogP contribution in [0.4, 0.5) is 0 Å².